The Morgan fingerprint density at radius 3 is 2.27 bits per heavy atom. The summed E-state index contributed by atoms with van der Waals surface area (Å²) in [5.74, 6) is 0.972. The highest BCUT2D eigenvalue weighted by Crippen LogP contribution is 2.26. The van der Waals surface area contributed by atoms with Crippen LogP contribution in [0, 0.1) is 5.92 Å². The van der Waals surface area contributed by atoms with E-state index in [0.29, 0.717) is 6.10 Å². The minimum atomic E-state index is 0.421. The van der Waals surface area contributed by atoms with Gasteiger partial charge in [-0.2, -0.15) is 0 Å². The van der Waals surface area contributed by atoms with Gasteiger partial charge >= 0.3 is 0 Å². The molecule has 1 atom stereocenters. The molecule has 0 heterocycles. The Balaban J connectivity index is 0.000000921. The molecule has 0 aliphatic heterocycles. The summed E-state index contributed by atoms with van der Waals surface area (Å²) in [6.07, 6.45) is 5.86. The SMILES string of the molecule is CC.CCC(CN(C)CC1CCC1)OC. The predicted molar refractivity (Wildman–Crippen MR) is 67.3 cm³/mol. The minimum Gasteiger partial charge on any atom is -0.380 e. The van der Waals surface area contributed by atoms with Gasteiger partial charge in [-0.05, 0) is 32.2 Å². The molecule has 92 valence electrons. The van der Waals surface area contributed by atoms with Gasteiger partial charge in [0, 0.05) is 20.2 Å². The van der Waals surface area contributed by atoms with Gasteiger partial charge in [0.2, 0.25) is 0 Å². The lowest BCUT2D eigenvalue weighted by Crippen LogP contribution is -2.35. The van der Waals surface area contributed by atoms with E-state index in [1.54, 1.807) is 0 Å². The highest BCUT2D eigenvalue weighted by atomic mass is 16.5. The van der Waals surface area contributed by atoms with Crippen molar-refractivity contribution in [1.29, 1.82) is 0 Å². The first-order valence-corrected chi connectivity index (χ1v) is 6.47. The first-order chi connectivity index (χ1) is 7.26. The van der Waals surface area contributed by atoms with Gasteiger partial charge in [-0.25, -0.2) is 0 Å². The average molecular weight is 215 g/mol. The van der Waals surface area contributed by atoms with Crippen LogP contribution in [0.4, 0.5) is 0 Å². The molecule has 2 heteroatoms. The van der Waals surface area contributed by atoms with Crippen molar-refractivity contribution in [3.05, 3.63) is 0 Å². The Morgan fingerprint density at radius 2 is 1.93 bits per heavy atom. The minimum absolute atomic E-state index is 0.421. The fourth-order valence-electron chi connectivity index (χ4n) is 1.91. The van der Waals surface area contributed by atoms with Gasteiger partial charge < -0.3 is 9.64 Å². The predicted octanol–water partition coefficient (Wildman–Crippen LogP) is 3.17. The van der Waals surface area contributed by atoms with Crippen LogP contribution in [-0.4, -0.2) is 38.3 Å². The van der Waals surface area contributed by atoms with E-state index >= 15 is 0 Å². The third-order valence-corrected chi connectivity index (χ3v) is 3.10. The quantitative estimate of drug-likeness (QED) is 0.675. The van der Waals surface area contributed by atoms with E-state index in [0.717, 1.165) is 18.9 Å². The summed E-state index contributed by atoms with van der Waals surface area (Å²) in [5.41, 5.74) is 0. The van der Waals surface area contributed by atoms with Gasteiger partial charge in [0.05, 0.1) is 6.10 Å². The smallest absolute Gasteiger partial charge is 0.0695 e. The number of methoxy groups -OCH3 is 1. The third kappa shape index (κ3) is 6.16. The summed E-state index contributed by atoms with van der Waals surface area (Å²) < 4.78 is 5.36. The van der Waals surface area contributed by atoms with Crippen molar-refractivity contribution in [1.82, 2.24) is 4.90 Å². The summed E-state index contributed by atoms with van der Waals surface area (Å²) >= 11 is 0. The van der Waals surface area contributed by atoms with Crippen molar-refractivity contribution in [3.63, 3.8) is 0 Å². The van der Waals surface area contributed by atoms with Crippen LogP contribution in [0.1, 0.15) is 46.5 Å². The number of rotatable bonds is 6. The highest BCUT2D eigenvalue weighted by Gasteiger charge is 2.19. The molecule has 1 aliphatic carbocycles. The second-order valence-electron chi connectivity index (χ2n) is 4.28. The second-order valence-corrected chi connectivity index (χ2v) is 4.28. The molecule has 1 aliphatic rings. The molecule has 0 aromatic carbocycles. The van der Waals surface area contributed by atoms with Crippen molar-refractivity contribution in [3.8, 4) is 0 Å². The van der Waals surface area contributed by atoms with Gasteiger partial charge in [-0.15, -0.1) is 0 Å². The molecule has 0 spiro atoms. The fourth-order valence-corrected chi connectivity index (χ4v) is 1.91. The van der Waals surface area contributed by atoms with E-state index in [4.69, 9.17) is 4.74 Å². The summed E-state index contributed by atoms with van der Waals surface area (Å²) in [6, 6.07) is 0. The maximum absolute atomic E-state index is 5.36. The molecule has 1 rings (SSSR count). The van der Waals surface area contributed by atoms with E-state index in [2.05, 4.69) is 18.9 Å². The second kappa shape index (κ2) is 9.17. The molecule has 0 N–H and O–H groups in total. The molecule has 1 fully saturated rings. The lowest BCUT2D eigenvalue weighted by molar-refractivity contribution is 0.0599. The zero-order chi connectivity index (χ0) is 11.7. The normalized spacial score (nSPS) is 18.0. The first kappa shape index (κ1) is 14.9. The molecule has 0 amide bonds. The zero-order valence-electron chi connectivity index (χ0n) is 11.3. The number of likely N-dealkylation sites (N-methyl/N-ethyl adjacent to an activating group) is 1. The molecular formula is C13H29NO. The van der Waals surface area contributed by atoms with E-state index < -0.39 is 0 Å². The first-order valence-electron chi connectivity index (χ1n) is 6.47. The molecule has 0 radical (unpaired) electrons. The number of ether oxygens (including phenoxy) is 1. The third-order valence-electron chi connectivity index (χ3n) is 3.10. The monoisotopic (exact) mass is 215 g/mol. The number of nitrogens with zero attached hydrogens (tertiary/aromatic N) is 1. The molecule has 15 heavy (non-hydrogen) atoms. The Morgan fingerprint density at radius 1 is 1.33 bits per heavy atom. The van der Waals surface area contributed by atoms with Gasteiger partial charge in [0.1, 0.15) is 0 Å². The Labute approximate surface area is 96.0 Å². The summed E-state index contributed by atoms with van der Waals surface area (Å²) in [5, 5.41) is 0. The Bertz CT molecular complexity index is 130. The van der Waals surface area contributed by atoms with Crippen molar-refractivity contribution in [2.75, 3.05) is 27.2 Å². The maximum Gasteiger partial charge on any atom is 0.0695 e. The van der Waals surface area contributed by atoms with E-state index in [1.807, 2.05) is 21.0 Å². The van der Waals surface area contributed by atoms with Gasteiger partial charge in [0.15, 0.2) is 0 Å². The lowest BCUT2D eigenvalue weighted by atomic mass is 9.85. The lowest BCUT2D eigenvalue weighted by Gasteiger charge is -2.31. The van der Waals surface area contributed by atoms with Crippen LogP contribution in [-0.2, 0) is 4.74 Å². The van der Waals surface area contributed by atoms with Gasteiger partial charge in [0.25, 0.3) is 0 Å². The standard InChI is InChI=1S/C11H23NO.C2H6/c1-4-11(13-3)9-12(2)8-10-6-5-7-10;1-2/h10-11H,4-9H2,1-3H3;1-2H3. The molecule has 1 saturated carbocycles. The van der Waals surface area contributed by atoms with E-state index in [-0.39, 0.29) is 0 Å². The molecular weight excluding hydrogens is 186 g/mol. The van der Waals surface area contributed by atoms with Crippen molar-refractivity contribution >= 4 is 0 Å². The topological polar surface area (TPSA) is 12.5 Å². The Hall–Kier alpha value is -0.0800. The van der Waals surface area contributed by atoms with Gasteiger partial charge in [-0.1, -0.05) is 27.2 Å². The van der Waals surface area contributed by atoms with Crippen LogP contribution in [0.2, 0.25) is 0 Å². The molecule has 0 saturated heterocycles. The van der Waals surface area contributed by atoms with Crippen LogP contribution in [0.5, 0.6) is 0 Å². The molecule has 0 aromatic heterocycles. The molecule has 1 unspecified atom stereocenters. The van der Waals surface area contributed by atoms with Crippen LogP contribution in [0.25, 0.3) is 0 Å². The van der Waals surface area contributed by atoms with Crippen molar-refractivity contribution in [2.45, 2.75) is 52.6 Å². The largest absolute Gasteiger partial charge is 0.380 e. The number of hydrogen-bond donors (Lipinski definition) is 0. The maximum atomic E-state index is 5.36. The summed E-state index contributed by atoms with van der Waals surface area (Å²) in [7, 11) is 4.02. The van der Waals surface area contributed by atoms with Crippen LogP contribution >= 0.6 is 0 Å². The summed E-state index contributed by atoms with van der Waals surface area (Å²) in [4.78, 5) is 2.42. The number of hydrogen-bond acceptors (Lipinski definition) is 2. The molecule has 2 nitrogen and oxygen atoms in total. The zero-order valence-corrected chi connectivity index (χ0v) is 11.3. The van der Waals surface area contributed by atoms with Crippen molar-refractivity contribution < 1.29 is 4.74 Å². The highest BCUT2D eigenvalue weighted by molar-refractivity contribution is 4.73. The molecule has 0 bridgehead atoms. The van der Waals surface area contributed by atoms with Crippen LogP contribution in [0.15, 0.2) is 0 Å². The molecule has 0 aromatic rings. The van der Waals surface area contributed by atoms with Crippen LogP contribution < -0.4 is 0 Å². The van der Waals surface area contributed by atoms with Crippen LogP contribution in [0.3, 0.4) is 0 Å². The van der Waals surface area contributed by atoms with Crippen molar-refractivity contribution in [2.24, 2.45) is 5.92 Å². The van der Waals surface area contributed by atoms with E-state index in [1.165, 1.54) is 25.8 Å². The average Bonchev–Trinajstić information content (AvgIpc) is 2.23. The Kier molecular flexibility index (Phi) is 9.12. The van der Waals surface area contributed by atoms with E-state index in [9.17, 15) is 0 Å². The summed E-state index contributed by atoms with van der Waals surface area (Å²) in [6.45, 7) is 8.54. The van der Waals surface area contributed by atoms with Gasteiger partial charge in [-0.3, -0.25) is 0 Å². The fraction of sp³-hybridized carbons (Fsp3) is 1.00.